The number of H-pyrrole nitrogens is 1. The number of ether oxygens (including phenoxy) is 1. The summed E-state index contributed by atoms with van der Waals surface area (Å²) in [5.41, 5.74) is 9.25. The van der Waals surface area contributed by atoms with E-state index in [9.17, 15) is 4.79 Å². The van der Waals surface area contributed by atoms with Crippen molar-refractivity contribution in [2.75, 3.05) is 38.6 Å². The Hall–Kier alpha value is -3.06. The zero-order chi connectivity index (χ0) is 20.4. The number of nitrogens with one attached hydrogen (secondary N) is 1. The summed E-state index contributed by atoms with van der Waals surface area (Å²) in [6.07, 6.45) is 1.27. The van der Waals surface area contributed by atoms with Crippen molar-refractivity contribution in [2.45, 2.75) is 18.8 Å². The minimum atomic E-state index is -0.826. The van der Waals surface area contributed by atoms with Gasteiger partial charge >= 0.3 is 6.09 Å². The largest absolute Gasteiger partial charge is 0.410 e. The maximum atomic E-state index is 11.1. The number of imidazole rings is 1. The summed E-state index contributed by atoms with van der Waals surface area (Å²) in [5.74, 6) is 1.69. The van der Waals surface area contributed by atoms with Crippen LogP contribution >= 0.6 is 0 Å². The van der Waals surface area contributed by atoms with Crippen molar-refractivity contribution in [2.24, 2.45) is 5.73 Å². The van der Waals surface area contributed by atoms with Gasteiger partial charge in [-0.15, -0.1) is 0 Å². The molecule has 0 saturated carbocycles. The third-order valence-electron chi connectivity index (χ3n) is 5.53. The first kappa shape index (κ1) is 19.3. The zero-order valence-electron chi connectivity index (χ0n) is 16.9. The Balaban J connectivity index is 1.38. The predicted molar refractivity (Wildman–Crippen MR) is 115 cm³/mol. The van der Waals surface area contributed by atoms with E-state index < -0.39 is 6.09 Å². The SMILES string of the molecule is CN(C)c1ccc(CCN2CCC(c3nc4c(OC(N)=O)cccc4[nH]3)C2)cc1. The number of benzene rings is 2. The number of aromatic nitrogens is 2. The number of carbonyl (C=O) groups is 1. The Labute approximate surface area is 170 Å². The van der Waals surface area contributed by atoms with E-state index in [-0.39, 0.29) is 0 Å². The molecule has 7 nitrogen and oxygen atoms in total. The number of fused-ring (bicyclic) bond motifs is 1. The molecular weight excluding hydrogens is 366 g/mol. The Morgan fingerprint density at radius 1 is 1.28 bits per heavy atom. The van der Waals surface area contributed by atoms with Crippen LogP contribution in [0.15, 0.2) is 42.5 Å². The van der Waals surface area contributed by atoms with Gasteiger partial charge in [-0.2, -0.15) is 0 Å². The van der Waals surface area contributed by atoms with Crippen molar-refractivity contribution in [3.05, 3.63) is 53.9 Å². The topological polar surface area (TPSA) is 87.5 Å². The molecule has 1 unspecified atom stereocenters. The average Bonchev–Trinajstić information content (AvgIpc) is 3.33. The third-order valence-corrected chi connectivity index (χ3v) is 5.53. The highest BCUT2D eigenvalue weighted by atomic mass is 16.5. The van der Waals surface area contributed by atoms with Crippen LogP contribution in [0.2, 0.25) is 0 Å². The van der Waals surface area contributed by atoms with E-state index >= 15 is 0 Å². The molecule has 0 bridgehead atoms. The molecule has 0 spiro atoms. The summed E-state index contributed by atoms with van der Waals surface area (Å²) >= 11 is 0. The van der Waals surface area contributed by atoms with E-state index in [2.05, 4.69) is 53.1 Å². The van der Waals surface area contributed by atoms with E-state index in [1.165, 1.54) is 11.3 Å². The molecule has 7 heteroatoms. The van der Waals surface area contributed by atoms with Crippen LogP contribution in [0.4, 0.5) is 10.5 Å². The Bertz CT molecular complexity index is 996. The number of rotatable bonds is 6. The number of carbonyl (C=O) groups excluding carboxylic acids is 1. The lowest BCUT2D eigenvalue weighted by Gasteiger charge is -2.16. The van der Waals surface area contributed by atoms with Crippen LogP contribution in [0, 0.1) is 0 Å². The van der Waals surface area contributed by atoms with Crippen LogP contribution < -0.4 is 15.4 Å². The van der Waals surface area contributed by atoms with Crippen molar-refractivity contribution >= 4 is 22.8 Å². The molecule has 3 N–H and O–H groups in total. The monoisotopic (exact) mass is 393 g/mol. The molecule has 1 fully saturated rings. The lowest BCUT2D eigenvalue weighted by atomic mass is 10.1. The van der Waals surface area contributed by atoms with Crippen LogP contribution in [0.25, 0.3) is 11.0 Å². The summed E-state index contributed by atoms with van der Waals surface area (Å²) in [4.78, 5) is 23.8. The molecular formula is C22H27N5O2. The van der Waals surface area contributed by atoms with Crippen molar-refractivity contribution in [3.63, 3.8) is 0 Å². The molecule has 0 aliphatic carbocycles. The first-order valence-corrected chi connectivity index (χ1v) is 9.94. The molecule has 2 aromatic carbocycles. The Kier molecular flexibility index (Phi) is 5.40. The van der Waals surface area contributed by atoms with E-state index in [1.807, 2.05) is 12.1 Å². The number of para-hydroxylation sites is 1. The highest BCUT2D eigenvalue weighted by Crippen LogP contribution is 2.30. The molecule has 1 atom stereocenters. The summed E-state index contributed by atoms with van der Waals surface area (Å²) < 4.78 is 5.08. The molecule has 3 aromatic rings. The molecule has 4 rings (SSSR count). The van der Waals surface area contributed by atoms with Crippen LogP contribution in [-0.2, 0) is 6.42 Å². The van der Waals surface area contributed by atoms with E-state index in [1.54, 1.807) is 6.07 Å². The molecule has 1 aromatic heterocycles. The van der Waals surface area contributed by atoms with Crippen molar-refractivity contribution in [1.29, 1.82) is 0 Å². The van der Waals surface area contributed by atoms with E-state index in [0.29, 0.717) is 17.2 Å². The quantitative estimate of drug-likeness (QED) is 0.672. The molecule has 1 amide bonds. The molecule has 0 radical (unpaired) electrons. The van der Waals surface area contributed by atoms with Crippen molar-refractivity contribution in [1.82, 2.24) is 14.9 Å². The molecule has 1 aliphatic heterocycles. The number of amides is 1. The van der Waals surface area contributed by atoms with Crippen LogP contribution in [0.3, 0.4) is 0 Å². The van der Waals surface area contributed by atoms with Gasteiger partial charge in [-0.05, 0) is 49.2 Å². The molecule has 29 heavy (non-hydrogen) atoms. The van der Waals surface area contributed by atoms with Gasteiger partial charge in [0.05, 0.1) is 5.52 Å². The molecule has 1 aliphatic rings. The normalized spacial score (nSPS) is 17.0. The lowest BCUT2D eigenvalue weighted by molar-refractivity contribution is 0.211. The number of nitrogens with two attached hydrogens (primary N) is 1. The second kappa shape index (κ2) is 8.13. The minimum Gasteiger partial charge on any atom is -0.408 e. The van der Waals surface area contributed by atoms with Gasteiger partial charge < -0.3 is 25.3 Å². The minimum absolute atomic E-state index is 0.347. The highest BCUT2D eigenvalue weighted by molar-refractivity contribution is 5.84. The number of likely N-dealkylation sites (tertiary alicyclic amines) is 1. The lowest BCUT2D eigenvalue weighted by Crippen LogP contribution is -2.23. The Morgan fingerprint density at radius 2 is 2.07 bits per heavy atom. The zero-order valence-corrected chi connectivity index (χ0v) is 16.9. The third kappa shape index (κ3) is 4.35. The fourth-order valence-electron chi connectivity index (χ4n) is 3.92. The number of aromatic amines is 1. The number of nitrogens with zero attached hydrogens (tertiary/aromatic N) is 3. The Morgan fingerprint density at radius 3 is 2.79 bits per heavy atom. The van der Waals surface area contributed by atoms with Gasteiger partial charge in [0.2, 0.25) is 0 Å². The standard InChI is InChI=1S/C22H27N5O2/c1-26(2)17-8-6-15(7-9-17)10-12-27-13-11-16(14-27)21-24-18-4-3-5-19(20(18)25-21)29-22(23)28/h3-9,16H,10-14H2,1-2H3,(H2,23,28)(H,24,25). The van der Waals surface area contributed by atoms with E-state index in [0.717, 1.165) is 43.8 Å². The first-order chi connectivity index (χ1) is 14.0. The summed E-state index contributed by atoms with van der Waals surface area (Å²) in [6, 6.07) is 14.2. The maximum Gasteiger partial charge on any atom is 0.410 e. The molecule has 1 saturated heterocycles. The van der Waals surface area contributed by atoms with Gasteiger partial charge in [-0.3, -0.25) is 0 Å². The van der Waals surface area contributed by atoms with Crippen LogP contribution in [0.1, 0.15) is 23.7 Å². The van der Waals surface area contributed by atoms with Crippen LogP contribution in [-0.4, -0.2) is 54.7 Å². The highest BCUT2D eigenvalue weighted by Gasteiger charge is 2.26. The number of hydrogen-bond acceptors (Lipinski definition) is 5. The van der Waals surface area contributed by atoms with Crippen molar-refractivity contribution in [3.8, 4) is 5.75 Å². The van der Waals surface area contributed by atoms with Gasteiger partial charge in [0.1, 0.15) is 11.3 Å². The van der Waals surface area contributed by atoms with Gasteiger partial charge in [0, 0.05) is 38.8 Å². The summed E-state index contributed by atoms with van der Waals surface area (Å²) in [6.45, 7) is 3.07. The fraction of sp³-hybridized carbons (Fsp3) is 0.364. The number of primary amides is 1. The van der Waals surface area contributed by atoms with Gasteiger partial charge in [0.15, 0.2) is 5.75 Å². The summed E-state index contributed by atoms with van der Waals surface area (Å²) in [7, 11) is 4.11. The second-order valence-corrected chi connectivity index (χ2v) is 7.79. The first-order valence-electron chi connectivity index (χ1n) is 9.94. The van der Waals surface area contributed by atoms with Gasteiger partial charge in [-0.1, -0.05) is 18.2 Å². The molecule has 2 heterocycles. The van der Waals surface area contributed by atoms with Gasteiger partial charge in [-0.25, -0.2) is 9.78 Å². The number of hydrogen-bond donors (Lipinski definition) is 2. The second-order valence-electron chi connectivity index (χ2n) is 7.79. The molecule has 152 valence electrons. The number of anilines is 1. The van der Waals surface area contributed by atoms with E-state index in [4.69, 9.17) is 15.5 Å². The fourth-order valence-corrected chi connectivity index (χ4v) is 3.92. The predicted octanol–water partition coefficient (Wildman–Crippen LogP) is 3.12. The van der Waals surface area contributed by atoms with Gasteiger partial charge in [0.25, 0.3) is 0 Å². The maximum absolute atomic E-state index is 11.1. The van der Waals surface area contributed by atoms with Crippen LogP contribution in [0.5, 0.6) is 5.75 Å². The average molecular weight is 393 g/mol. The van der Waals surface area contributed by atoms with Crippen molar-refractivity contribution < 1.29 is 9.53 Å². The summed E-state index contributed by atoms with van der Waals surface area (Å²) in [5, 5.41) is 0. The smallest absolute Gasteiger partial charge is 0.408 e.